The maximum absolute atomic E-state index is 13.8. The molecule has 1 aromatic heterocycles. The zero-order valence-electron chi connectivity index (χ0n) is 9.61. The highest BCUT2D eigenvalue weighted by atomic mass is 79.9. The summed E-state index contributed by atoms with van der Waals surface area (Å²) in [6.45, 7) is 0.665. The molecule has 5 heteroatoms. The number of aromatic nitrogens is 2. The van der Waals surface area contributed by atoms with Gasteiger partial charge in [-0.15, -0.1) is 0 Å². The van der Waals surface area contributed by atoms with E-state index in [0.29, 0.717) is 35.4 Å². The molecule has 1 unspecified atom stereocenters. The third-order valence-corrected chi connectivity index (χ3v) is 3.89. The lowest BCUT2D eigenvalue weighted by atomic mass is 10.1. The summed E-state index contributed by atoms with van der Waals surface area (Å²) in [5.74, 6) is 0.353. The summed E-state index contributed by atoms with van der Waals surface area (Å²) in [5.41, 5.74) is 1.44. The van der Waals surface area contributed by atoms with Gasteiger partial charge in [-0.1, -0.05) is 12.1 Å². The van der Waals surface area contributed by atoms with Crippen molar-refractivity contribution in [2.24, 2.45) is 0 Å². The van der Waals surface area contributed by atoms with Crippen molar-refractivity contribution in [2.75, 3.05) is 0 Å². The van der Waals surface area contributed by atoms with Crippen molar-refractivity contribution in [2.45, 2.75) is 25.5 Å². The van der Waals surface area contributed by atoms with Crippen LogP contribution in [-0.4, -0.2) is 20.8 Å². The predicted molar refractivity (Wildman–Crippen MR) is 69.6 cm³/mol. The Hall–Kier alpha value is -1.20. The molecule has 0 spiro atoms. The van der Waals surface area contributed by atoms with Crippen LogP contribution in [0.3, 0.4) is 0 Å². The highest BCUT2D eigenvalue weighted by Gasteiger charge is 2.24. The molecule has 0 saturated heterocycles. The van der Waals surface area contributed by atoms with E-state index in [4.69, 9.17) is 0 Å². The summed E-state index contributed by atoms with van der Waals surface area (Å²) in [4.78, 5) is 4.39. The van der Waals surface area contributed by atoms with Crippen LogP contribution in [0.25, 0.3) is 11.4 Å². The summed E-state index contributed by atoms with van der Waals surface area (Å²) >= 11 is 3.39. The van der Waals surface area contributed by atoms with Crippen LogP contribution in [0.2, 0.25) is 0 Å². The molecule has 0 aliphatic carbocycles. The second kappa shape index (κ2) is 4.48. The number of imidazole rings is 1. The van der Waals surface area contributed by atoms with Gasteiger partial charge in [-0.05, 0) is 34.5 Å². The number of hydrogen-bond donors (Lipinski definition) is 1. The van der Waals surface area contributed by atoms with Crippen LogP contribution in [0.5, 0.6) is 0 Å². The van der Waals surface area contributed by atoms with Crippen molar-refractivity contribution in [3.63, 3.8) is 0 Å². The van der Waals surface area contributed by atoms with Crippen LogP contribution in [0, 0.1) is 5.82 Å². The molecule has 0 bridgehead atoms. The smallest absolute Gasteiger partial charge is 0.144 e. The lowest BCUT2D eigenvalue weighted by Crippen LogP contribution is -2.23. The standard InChI is InChI=1S/C13H12BrFN2O/c14-12-11-7-8(18)5-6-17(11)13(16-12)9-3-1-2-4-10(9)15/h1-4,8,18H,5-7H2. The molecule has 3 nitrogen and oxygen atoms in total. The summed E-state index contributed by atoms with van der Waals surface area (Å²) in [6, 6.07) is 6.62. The summed E-state index contributed by atoms with van der Waals surface area (Å²) < 4.78 is 16.5. The number of benzene rings is 1. The Morgan fingerprint density at radius 1 is 1.39 bits per heavy atom. The molecular formula is C13H12BrFN2O. The number of rotatable bonds is 1. The Bertz CT molecular complexity index is 597. The van der Waals surface area contributed by atoms with E-state index >= 15 is 0 Å². The van der Waals surface area contributed by atoms with Crippen molar-refractivity contribution >= 4 is 15.9 Å². The highest BCUT2D eigenvalue weighted by Crippen LogP contribution is 2.31. The SMILES string of the molecule is OC1CCn2c(-c3ccccc3F)nc(Br)c2C1. The van der Waals surface area contributed by atoms with E-state index in [1.165, 1.54) is 6.07 Å². The third-order valence-electron chi connectivity index (χ3n) is 3.25. The molecule has 0 fully saturated rings. The van der Waals surface area contributed by atoms with Gasteiger partial charge in [-0.2, -0.15) is 0 Å². The fourth-order valence-electron chi connectivity index (χ4n) is 2.34. The molecule has 1 atom stereocenters. The van der Waals surface area contributed by atoms with Gasteiger partial charge in [0.25, 0.3) is 0 Å². The monoisotopic (exact) mass is 310 g/mol. The molecule has 3 rings (SSSR count). The first-order chi connectivity index (χ1) is 8.66. The predicted octanol–water partition coefficient (Wildman–Crippen LogP) is 2.76. The van der Waals surface area contributed by atoms with Crippen molar-refractivity contribution in [1.82, 2.24) is 9.55 Å². The Morgan fingerprint density at radius 2 is 2.17 bits per heavy atom. The minimum absolute atomic E-state index is 0.274. The van der Waals surface area contributed by atoms with Gasteiger partial charge in [0.15, 0.2) is 0 Å². The van der Waals surface area contributed by atoms with Gasteiger partial charge in [-0.25, -0.2) is 9.37 Å². The topological polar surface area (TPSA) is 38.0 Å². The largest absolute Gasteiger partial charge is 0.393 e. The van der Waals surface area contributed by atoms with E-state index < -0.39 is 0 Å². The van der Waals surface area contributed by atoms with E-state index in [-0.39, 0.29) is 11.9 Å². The molecule has 2 heterocycles. The third kappa shape index (κ3) is 1.87. The number of fused-ring (bicyclic) bond motifs is 1. The molecule has 1 aliphatic rings. The molecule has 0 saturated carbocycles. The Balaban J connectivity index is 2.15. The normalized spacial score (nSPS) is 18.7. The van der Waals surface area contributed by atoms with Crippen LogP contribution >= 0.6 is 15.9 Å². The Kier molecular flexibility index (Phi) is 2.95. The second-order valence-corrected chi connectivity index (χ2v) is 5.20. The van der Waals surface area contributed by atoms with Crippen molar-refractivity contribution in [3.05, 3.63) is 40.4 Å². The fraction of sp³-hybridized carbons (Fsp3) is 0.308. The van der Waals surface area contributed by atoms with Crippen LogP contribution in [-0.2, 0) is 13.0 Å². The highest BCUT2D eigenvalue weighted by molar-refractivity contribution is 9.10. The Labute approximate surface area is 112 Å². The Morgan fingerprint density at radius 3 is 2.94 bits per heavy atom. The molecule has 18 heavy (non-hydrogen) atoms. The molecule has 1 N–H and O–H groups in total. The first-order valence-corrected chi connectivity index (χ1v) is 6.64. The lowest BCUT2D eigenvalue weighted by Gasteiger charge is -2.21. The molecular weight excluding hydrogens is 299 g/mol. The average Bonchev–Trinajstić information content (AvgIpc) is 2.67. The van der Waals surface area contributed by atoms with E-state index in [0.717, 1.165) is 5.69 Å². The molecule has 0 radical (unpaired) electrons. The van der Waals surface area contributed by atoms with E-state index in [9.17, 15) is 9.50 Å². The molecule has 2 aromatic rings. The quantitative estimate of drug-likeness (QED) is 0.879. The minimum Gasteiger partial charge on any atom is -0.393 e. The van der Waals surface area contributed by atoms with E-state index in [1.807, 2.05) is 4.57 Å². The van der Waals surface area contributed by atoms with Crippen molar-refractivity contribution in [1.29, 1.82) is 0 Å². The minimum atomic E-state index is -0.334. The van der Waals surface area contributed by atoms with Crippen LogP contribution < -0.4 is 0 Å². The zero-order chi connectivity index (χ0) is 12.7. The van der Waals surface area contributed by atoms with Crippen molar-refractivity contribution in [3.8, 4) is 11.4 Å². The van der Waals surface area contributed by atoms with Gasteiger partial charge >= 0.3 is 0 Å². The number of nitrogens with zero attached hydrogens (tertiary/aromatic N) is 2. The zero-order valence-corrected chi connectivity index (χ0v) is 11.2. The number of aliphatic hydroxyl groups is 1. The molecule has 1 aromatic carbocycles. The van der Waals surface area contributed by atoms with Crippen LogP contribution in [0.1, 0.15) is 12.1 Å². The number of halogens is 2. The number of hydrogen-bond acceptors (Lipinski definition) is 2. The van der Waals surface area contributed by atoms with Gasteiger partial charge in [0.1, 0.15) is 16.2 Å². The van der Waals surface area contributed by atoms with Crippen LogP contribution in [0.15, 0.2) is 28.9 Å². The number of aliphatic hydroxyl groups excluding tert-OH is 1. The van der Waals surface area contributed by atoms with Gasteiger partial charge in [0, 0.05) is 13.0 Å². The summed E-state index contributed by atoms with van der Waals surface area (Å²) in [5, 5.41) is 9.68. The first-order valence-electron chi connectivity index (χ1n) is 5.84. The summed E-state index contributed by atoms with van der Waals surface area (Å²) in [7, 11) is 0. The van der Waals surface area contributed by atoms with E-state index in [2.05, 4.69) is 20.9 Å². The van der Waals surface area contributed by atoms with Gasteiger partial charge in [0.05, 0.1) is 17.4 Å². The van der Waals surface area contributed by atoms with Crippen LogP contribution in [0.4, 0.5) is 4.39 Å². The first kappa shape index (κ1) is 11.9. The fourth-order valence-corrected chi connectivity index (χ4v) is 2.89. The second-order valence-electron chi connectivity index (χ2n) is 4.45. The maximum atomic E-state index is 13.8. The molecule has 0 amide bonds. The van der Waals surface area contributed by atoms with Gasteiger partial charge in [-0.3, -0.25) is 0 Å². The average molecular weight is 311 g/mol. The lowest BCUT2D eigenvalue weighted by molar-refractivity contribution is 0.143. The summed E-state index contributed by atoms with van der Waals surface area (Å²) in [6.07, 6.45) is 0.901. The van der Waals surface area contributed by atoms with Crippen molar-refractivity contribution < 1.29 is 9.50 Å². The molecule has 1 aliphatic heterocycles. The van der Waals surface area contributed by atoms with Gasteiger partial charge in [0.2, 0.25) is 0 Å². The maximum Gasteiger partial charge on any atom is 0.144 e. The van der Waals surface area contributed by atoms with Gasteiger partial charge < -0.3 is 9.67 Å². The molecule has 94 valence electrons. The van der Waals surface area contributed by atoms with E-state index in [1.54, 1.807) is 18.2 Å².